The van der Waals surface area contributed by atoms with Crippen LogP contribution in [0, 0.1) is 5.92 Å². The van der Waals surface area contributed by atoms with Gasteiger partial charge in [0.2, 0.25) is 0 Å². The fraction of sp³-hybridized carbons (Fsp3) is 0.647. The Bertz CT molecular complexity index is 349. The minimum atomic E-state index is 0.631. The molecular weight excluding hydrogens is 234 g/mol. The zero-order chi connectivity index (χ0) is 14.1. The number of ether oxygens (including phenoxy) is 1. The summed E-state index contributed by atoms with van der Waals surface area (Å²) in [6, 6.07) is 9.04. The van der Waals surface area contributed by atoms with E-state index in [1.54, 1.807) is 7.11 Å². The normalized spacial score (nSPS) is 12.7. The molecule has 0 saturated carbocycles. The highest BCUT2D eigenvalue weighted by molar-refractivity contribution is 5.28. The molecule has 1 atom stereocenters. The van der Waals surface area contributed by atoms with E-state index in [-0.39, 0.29) is 0 Å². The van der Waals surface area contributed by atoms with E-state index in [0.717, 1.165) is 24.6 Å². The van der Waals surface area contributed by atoms with Crippen LogP contribution < -0.4 is 10.1 Å². The third-order valence-electron chi connectivity index (χ3n) is 3.35. The molecule has 0 aliphatic heterocycles. The zero-order valence-electron chi connectivity index (χ0n) is 12.9. The average molecular weight is 263 g/mol. The second kappa shape index (κ2) is 8.98. The molecule has 0 aliphatic rings. The van der Waals surface area contributed by atoms with Crippen LogP contribution in [0.3, 0.4) is 0 Å². The van der Waals surface area contributed by atoms with Crippen molar-refractivity contribution in [1.82, 2.24) is 5.32 Å². The van der Waals surface area contributed by atoms with Gasteiger partial charge in [0.05, 0.1) is 7.11 Å². The van der Waals surface area contributed by atoms with Gasteiger partial charge < -0.3 is 10.1 Å². The molecule has 1 aromatic rings. The van der Waals surface area contributed by atoms with E-state index in [1.165, 1.54) is 24.8 Å². The molecule has 1 N–H and O–H groups in total. The van der Waals surface area contributed by atoms with Gasteiger partial charge in [-0.25, -0.2) is 0 Å². The SMILES string of the molecule is CCCNC(CCc1cccc(OC)c1)CC(C)C. The molecule has 1 unspecified atom stereocenters. The van der Waals surface area contributed by atoms with E-state index < -0.39 is 0 Å². The highest BCUT2D eigenvalue weighted by Crippen LogP contribution is 2.16. The maximum atomic E-state index is 5.28. The topological polar surface area (TPSA) is 21.3 Å². The van der Waals surface area contributed by atoms with Gasteiger partial charge in [-0.2, -0.15) is 0 Å². The number of rotatable bonds is 9. The van der Waals surface area contributed by atoms with E-state index in [9.17, 15) is 0 Å². The van der Waals surface area contributed by atoms with E-state index >= 15 is 0 Å². The number of methoxy groups -OCH3 is 1. The van der Waals surface area contributed by atoms with E-state index in [1.807, 2.05) is 6.07 Å². The smallest absolute Gasteiger partial charge is 0.119 e. The minimum Gasteiger partial charge on any atom is -0.497 e. The van der Waals surface area contributed by atoms with Gasteiger partial charge >= 0.3 is 0 Å². The second-order valence-electron chi connectivity index (χ2n) is 5.67. The third kappa shape index (κ3) is 6.63. The van der Waals surface area contributed by atoms with Crippen molar-refractivity contribution in [2.24, 2.45) is 5.92 Å². The Kier molecular flexibility index (Phi) is 7.57. The molecule has 108 valence electrons. The lowest BCUT2D eigenvalue weighted by Gasteiger charge is -2.20. The summed E-state index contributed by atoms with van der Waals surface area (Å²) >= 11 is 0. The fourth-order valence-corrected chi connectivity index (χ4v) is 2.39. The number of nitrogens with one attached hydrogen (secondary N) is 1. The molecule has 0 bridgehead atoms. The monoisotopic (exact) mass is 263 g/mol. The molecule has 0 fully saturated rings. The van der Waals surface area contributed by atoms with Crippen molar-refractivity contribution in [2.75, 3.05) is 13.7 Å². The standard InChI is InChI=1S/C17H29NO/c1-5-11-18-16(12-14(2)3)10-9-15-7-6-8-17(13-15)19-4/h6-8,13-14,16,18H,5,9-12H2,1-4H3. The lowest BCUT2D eigenvalue weighted by Crippen LogP contribution is -2.31. The van der Waals surface area contributed by atoms with E-state index in [4.69, 9.17) is 4.74 Å². The highest BCUT2D eigenvalue weighted by Gasteiger charge is 2.10. The Labute approximate surface area is 118 Å². The number of aryl methyl sites for hydroxylation is 1. The van der Waals surface area contributed by atoms with Gasteiger partial charge in [-0.1, -0.05) is 32.9 Å². The average Bonchev–Trinajstić information content (AvgIpc) is 2.41. The number of hydrogen-bond donors (Lipinski definition) is 1. The van der Waals surface area contributed by atoms with Gasteiger partial charge in [0.15, 0.2) is 0 Å². The molecular formula is C17H29NO. The van der Waals surface area contributed by atoms with Gasteiger partial charge in [0.1, 0.15) is 5.75 Å². The second-order valence-corrected chi connectivity index (χ2v) is 5.67. The van der Waals surface area contributed by atoms with Crippen LogP contribution in [0.4, 0.5) is 0 Å². The Morgan fingerprint density at radius 1 is 1.26 bits per heavy atom. The predicted octanol–water partition coefficient (Wildman–Crippen LogP) is 4.04. The molecule has 0 aliphatic carbocycles. The lowest BCUT2D eigenvalue weighted by atomic mass is 9.97. The van der Waals surface area contributed by atoms with Gasteiger partial charge in [0, 0.05) is 6.04 Å². The summed E-state index contributed by atoms with van der Waals surface area (Å²) in [5.41, 5.74) is 1.37. The number of benzene rings is 1. The van der Waals surface area contributed by atoms with Crippen LogP contribution in [0.15, 0.2) is 24.3 Å². The summed E-state index contributed by atoms with van der Waals surface area (Å²) < 4.78 is 5.28. The van der Waals surface area contributed by atoms with Gasteiger partial charge in [0.25, 0.3) is 0 Å². The maximum absolute atomic E-state index is 5.28. The largest absolute Gasteiger partial charge is 0.497 e. The molecule has 1 aromatic carbocycles. The molecule has 0 amide bonds. The predicted molar refractivity (Wildman–Crippen MR) is 82.9 cm³/mol. The van der Waals surface area contributed by atoms with Crippen molar-refractivity contribution in [2.45, 2.75) is 52.5 Å². The first-order chi connectivity index (χ1) is 9.15. The molecule has 0 radical (unpaired) electrons. The first-order valence-electron chi connectivity index (χ1n) is 7.52. The first kappa shape index (κ1) is 16.0. The van der Waals surface area contributed by atoms with Gasteiger partial charge in [-0.3, -0.25) is 0 Å². The first-order valence-corrected chi connectivity index (χ1v) is 7.52. The molecule has 2 heteroatoms. The van der Waals surface area contributed by atoms with Crippen LogP contribution in [0.5, 0.6) is 5.75 Å². The van der Waals surface area contributed by atoms with Crippen molar-refractivity contribution in [3.8, 4) is 5.75 Å². The van der Waals surface area contributed by atoms with Gasteiger partial charge in [-0.05, 0) is 55.8 Å². The summed E-state index contributed by atoms with van der Waals surface area (Å²) in [5, 5.41) is 3.67. The summed E-state index contributed by atoms with van der Waals surface area (Å²) in [5.74, 6) is 1.71. The molecule has 0 saturated heterocycles. The lowest BCUT2D eigenvalue weighted by molar-refractivity contribution is 0.397. The number of hydrogen-bond acceptors (Lipinski definition) is 2. The fourth-order valence-electron chi connectivity index (χ4n) is 2.39. The zero-order valence-corrected chi connectivity index (χ0v) is 12.9. The van der Waals surface area contributed by atoms with Crippen molar-refractivity contribution in [1.29, 1.82) is 0 Å². The minimum absolute atomic E-state index is 0.631. The molecule has 2 nitrogen and oxygen atoms in total. The highest BCUT2D eigenvalue weighted by atomic mass is 16.5. The van der Waals surface area contributed by atoms with Crippen LogP contribution in [-0.4, -0.2) is 19.7 Å². The molecule has 19 heavy (non-hydrogen) atoms. The molecule has 1 rings (SSSR count). The summed E-state index contributed by atoms with van der Waals surface area (Å²) in [4.78, 5) is 0. The Morgan fingerprint density at radius 2 is 2.05 bits per heavy atom. The molecule has 0 aromatic heterocycles. The van der Waals surface area contributed by atoms with Crippen molar-refractivity contribution in [3.63, 3.8) is 0 Å². The maximum Gasteiger partial charge on any atom is 0.119 e. The van der Waals surface area contributed by atoms with Crippen molar-refractivity contribution < 1.29 is 4.74 Å². The van der Waals surface area contributed by atoms with E-state index in [0.29, 0.717) is 6.04 Å². The Hall–Kier alpha value is -1.02. The van der Waals surface area contributed by atoms with Crippen molar-refractivity contribution >= 4 is 0 Å². The van der Waals surface area contributed by atoms with E-state index in [2.05, 4.69) is 44.3 Å². The quantitative estimate of drug-likeness (QED) is 0.726. The van der Waals surface area contributed by atoms with Crippen molar-refractivity contribution in [3.05, 3.63) is 29.8 Å². The van der Waals surface area contributed by atoms with Crippen LogP contribution >= 0.6 is 0 Å². The summed E-state index contributed by atoms with van der Waals surface area (Å²) in [7, 11) is 1.73. The Morgan fingerprint density at radius 3 is 2.68 bits per heavy atom. The van der Waals surface area contributed by atoms with Crippen LogP contribution in [-0.2, 0) is 6.42 Å². The van der Waals surface area contributed by atoms with Crippen LogP contribution in [0.25, 0.3) is 0 Å². The molecule has 0 spiro atoms. The third-order valence-corrected chi connectivity index (χ3v) is 3.35. The van der Waals surface area contributed by atoms with Crippen LogP contribution in [0.2, 0.25) is 0 Å². The van der Waals surface area contributed by atoms with Crippen LogP contribution in [0.1, 0.15) is 45.6 Å². The summed E-state index contributed by atoms with van der Waals surface area (Å²) in [6.07, 6.45) is 4.77. The Balaban J connectivity index is 2.48. The summed E-state index contributed by atoms with van der Waals surface area (Å²) in [6.45, 7) is 7.94. The molecule has 0 heterocycles. The van der Waals surface area contributed by atoms with Gasteiger partial charge in [-0.15, -0.1) is 0 Å².